The second kappa shape index (κ2) is 9.52. The first-order valence-corrected chi connectivity index (χ1v) is 6.49. The van der Waals surface area contributed by atoms with Gasteiger partial charge in [-0.3, -0.25) is 10.1 Å². The molecule has 0 bridgehead atoms. The minimum atomic E-state index is -0.350. The molecule has 1 rings (SSSR count). The molecule has 0 aliphatic heterocycles. The van der Waals surface area contributed by atoms with E-state index in [1.54, 1.807) is 0 Å². The van der Waals surface area contributed by atoms with Crippen molar-refractivity contribution in [3.8, 4) is 0 Å². The summed E-state index contributed by atoms with van der Waals surface area (Å²) < 4.78 is 0. The Balaban J connectivity index is 2.08. The van der Waals surface area contributed by atoms with Crippen LogP contribution in [0.3, 0.4) is 0 Å². The molecule has 0 aliphatic rings. The minimum absolute atomic E-state index is 0.169. The largest absolute Gasteiger partial charge is 0.348 e. The highest BCUT2D eigenvalue weighted by molar-refractivity contribution is 5.88. The molecule has 7 nitrogen and oxygen atoms in total. The molecule has 0 aromatic carbocycles. The molecule has 0 fully saturated rings. The highest BCUT2D eigenvalue weighted by Crippen LogP contribution is 1.99. The Hall–Kier alpha value is -2.40. The second-order valence-corrected chi connectivity index (χ2v) is 4.21. The maximum absolute atomic E-state index is 11.5. The first-order chi connectivity index (χ1) is 9.72. The highest BCUT2D eigenvalue weighted by Gasteiger charge is 2.01. The number of unbranched alkanes of at least 4 members (excludes halogenated alkanes) is 3. The summed E-state index contributed by atoms with van der Waals surface area (Å²) in [5.41, 5.74) is -0.169. The molecule has 0 unspecified atom stereocenters. The molecule has 0 radical (unpaired) electrons. The zero-order valence-corrected chi connectivity index (χ0v) is 11.1. The van der Waals surface area contributed by atoms with Crippen molar-refractivity contribution in [2.24, 2.45) is 4.99 Å². The van der Waals surface area contributed by atoms with Crippen molar-refractivity contribution < 1.29 is 9.59 Å². The highest BCUT2D eigenvalue weighted by atomic mass is 16.2. The molecule has 1 aromatic rings. The molecule has 1 heterocycles. The van der Waals surface area contributed by atoms with E-state index in [0.29, 0.717) is 18.9 Å². The van der Waals surface area contributed by atoms with Crippen molar-refractivity contribution in [3.05, 3.63) is 28.6 Å². The monoisotopic (exact) mass is 278 g/mol. The number of carbonyl (C=O) groups is 1. The van der Waals surface area contributed by atoms with Crippen molar-refractivity contribution >= 4 is 17.9 Å². The molecule has 0 saturated carbocycles. The summed E-state index contributed by atoms with van der Waals surface area (Å²) in [7, 11) is 0. The van der Waals surface area contributed by atoms with Crippen LogP contribution in [0.5, 0.6) is 0 Å². The molecule has 0 aliphatic carbocycles. The number of carbonyl (C=O) groups excluding carboxylic acids is 2. The van der Waals surface area contributed by atoms with Crippen LogP contribution < -0.4 is 16.1 Å². The van der Waals surface area contributed by atoms with Crippen LogP contribution in [0.2, 0.25) is 0 Å². The Morgan fingerprint density at radius 1 is 1.30 bits per heavy atom. The summed E-state index contributed by atoms with van der Waals surface area (Å²) in [6.45, 7) is 1.07. The summed E-state index contributed by atoms with van der Waals surface area (Å²) in [6, 6.07) is 2.34. The van der Waals surface area contributed by atoms with Crippen molar-refractivity contribution in [2.45, 2.75) is 25.7 Å². The van der Waals surface area contributed by atoms with Crippen LogP contribution in [0.15, 0.2) is 28.1 Å². The molecular weight excluding hydrogens is 260 g/mol. The van der Waals surface area contributed by atoms with Gasteiger partial charge in [0.25, 0.3) is 0 Å². The summed E-state index contributed by atoms with van der Waals surface area (Å²) >= 11 is 0. The molecule has 7 heteroatoms. The van der Waals surface area contributed by atoms with Gasteiger partial charge in [-0.1, -0.05) is 12.8 Å². The van der Waals surface area contributed by atoms with Crippen LogP contribution in [0.25, 0.3) is 0 Å². The van der Waals surface area contributed by atoms with Crippen LogP contribution in [-0.4, -0.2) is 30.2 Å². The van der Waals surface area contributed by atoms with Crippen molar-refractivity contribution in [2.75, 3.05) is 18.4 Å². The van der Waals surface area contributed by atoms with E-state index in [4.69, 9.17) is 0 Å². The number of aromatic nitrogens is 1. The van der Waals surface area contributed by atoms with Gasteiger partial charge in [0.15, 0.2) is 5.43 Å². The van der Waals surface area contributed by atoms with E-state index in [0.717, 1.165) is 25.7 Å². The average molecular weight is 278 g/mol. The summed E-state index contributed by atoms with van der Waals surface area (Å²) in [4.78, 5) is 38.6. The van der Waals surface area contributed by atoms with Gasteiger partial charge >= 0.3 is 6.03 Å². The van der Waals surface area contributed by atoms with E-state index in [1.807, 2.05) is 0 Å². The van der Waals surface area contributed by atoms with E-state index in [2.05, 4.69) is 20.6 Å². The third-order valence-corrected chi connectivity index (χ3v) is 2.57. The Kier molecular flexibility index (Phi) is 7.45. The zero-order chi connectivity index (χ0) is 14.6. The summed E-state index contributed by atoms with van der Waals surface area (Å²) in [5, 5.41) is 5.23. The number of isocyanates is 1. The van der Waals surface area contributed by atoms with E-state index < -0.39 is 0 Å². The first kappa shape index (κ1) is 15.7. The van der Waals surface area contributed by atoms with Gasteiger partial charge in [-0.2, -0.15) is 0 Å². The fourth-order valence-corrected chi connectivity index (χ4v) is 1.60. The van der Waals surface area contributed by atoms with Crippen molar-refractivity contribution in [3.63, 3.8) is 0 Å². The number of urea groups is 1. The topological polar surface area (TPSA) is 103 Å². The first-order valence-electron chi connectivity index (χ1n) is 6.49. The standard InChI is InChI=1S/C13H18N4O3/c18-10-14-6-3-1-2-4-7-16-13(20)17-12-9-11(19)5-8-15-12/h5,8-9H,1-4,6-7H2,(H3,15,16,17,19,20). The lowest BCUT2D eigenvalue weighted by molar-refractivity contribution is 0.252. The minimum Gasteiger partial charge on any atom is -0.348 e. The molecule has 108 valence electrons. The quantitative estimate of drug-likeness (QED) is 0.380. The maximum Gasteiger partial charge on any atom is 0.320 e. The fourth-order valence-electron chi connectivity index (χ4n) is 1.60. The summed E-state index contributed by atoms with van der Waals surface area (Å²) in [5.74, 6) is 0.363. The number of nitrogens with zero attached hydrogens (tertiary/aromatic N) is 1. The molecule has 20 heavy (non-hydrogen) atoms. The SMILES string of the molecule is O=C=NCCCCCCNC(=O)Nc1cc(=O)cc[nH]1. The molecular formula is C13H18N4O3. The van der Waals surface area contributed by atoms with Gasteiger partial charge in [-0.15, -0.1) is 0 Å². The van der Waals surface area contributed by atoms with Crippen LogP contribution in [0.1, 0.15) is 25.7 Å². The number of anilines is 1. The van der Waals surface area contributed by atoms with Crippen LogP contribution in [0.4, 0.5) is 10.6 Å². The van der Waals surface area contributed by atoms with Gasteiger partial charge in [0.2, 0.25) is 6.08 Å². The van der Waals surface area contributed by atoms with E-state index >= 15 is 0 Å². The van der Waals surface area contributed by atoms with E-state index in [1.165, 1.54) is 24.4 Å². The second-order valence-electron chi connectivity index (χ2n) is 4.21. The number of hydrogen-bond donors (Lipinski definition) is 3. The number of amides is 2. The number of aromatic amines is 1. The van der Waals surface area contributed by atoms with Gasteiger partial charge < -0.3 is 10.3 Å². The molecule has 0 saturated heterocycles. The predicted octanol–water partition coefficient (Wildman–Crippen LogP) is 1.39. The Morgan fingerprint density at radius 3 is 2.85 bits per heavy atom. The van der Waals surface area contributed by atoms with Gasteiger partial charge in [0.1, 0.15) is 5.82 Å². The van der Waals surface area contributed by atoms with Crippen molar-refractivity contribution in [1.29, 1.82) is 0 Å². The number of H-pyrrole nitrogens is 1. The molecule has 0 atom stereocenters. The number of nitrogens with one attached hydrogen (secondary N) is 3. The number of pyridine rings is 1. The molecule has 2 amide bonds. The Morgan fingerprint density at radius 2 is 2.10 bits per heavy atom. The normalized spacial score (nSPS) is 9.60. The van der Waals surface area contributed by atoms with Crippen LogP contribution in [-0.2, 0) is 4.79 Å². The van der Waals surface area contributed by atoms with Crippen molar-refractivity contribution in [1.82, 2.24) is 10.3 Å². The lowest BCUT2D eigenvalue weighted by Gasteiger charge is -2.06. The smallest absolute Gasteiger partial charge is 0.320 e. The van der Waals surface area contributed by atoms with E-state index in [-0.39, 0.29) is 11.5 Å². The Labute approximate surface area is 116 Å². The molecule has 0 spiro atoms. The maximum atomic E-state index is 11.5. The van der Waals surface area contributed by atoms with Gasteiger partial charge in [-0.25, -0.2) is 14.6 Å². The average Bonchev–Trinajstić information content (AvgIpc) is 2.42. The fraction of sp³-hybridized carbons (Fsp3) is 0.462. The third kappa shape index (κ3) is 7.13. The van der Waals surface area contributed by atoms with Gasteiger partial charge in [-0.05, 0) is 12.8 Å². The lowest BCUT2D eigenvalue weighted by Crippen LogP contribution is -2.30. The lowest BCUT2D eigenvalue weighted by atomic mass is 10.2. The number of aliphatic imine (C=N–C) groups is 1. The van der Waals surface area contributed by atoms with Crippen LogP contribution in [0, 0.1) is 0 Å². The number of hydrogen-bond acceptors (Lipinski definition) is 4. The third-order valence-electron chi connectivity index (χ3n) is 2.57. The molecule has 1 aromatic heterocycles. The van der Waals surface area contributed by atoms with Gasteiger partial charge in [0.05, 0.1) is 6.54 Å². The Bertz CT molecular complexity index is 520. The van der Waals surface area contributed by atoms with E-state index in [9.17, 15) is 14.4 Å². The van der Waals surface area contributed by atoms with Gasteiger partial charge in [0, 0.05) is 24.9 Å². The van der Waals surface area contributed by atoms with Crippen LogP contribution >= 0.6 is 0 Å². The summed E-state index contributed by atoms with van der Waals surface area (Å²) in [6.07, 6.45) is 6.59. The number of rotatable bonds is 8. The predicted molar refractivity (Wildman–Crippen MR) is 75.5 cm³/mol. The molecule has 3 N–H and O–H groups in total. The zero-order valence-electron chi connectivity index (χ0n) is 11.1.